The minimum Gasteiger partial charge on any atom is -0.486 e. The van der Waals surface area contributed by atoms with Gasteiger partial charge in [-0.05, 0) is 42.0 Å². The number of amides is 3. The molecule has 0 aliphatic carbocycles. The van der Waals surface area contributed by atoms with E-state index in [0.29, 0.717) is 23.1 Å². The van der Waals surface area contributed by atoms with Crippen molar-refractivity contribution in [3.8, 4) is 5.75 Å². The second kappa shape index (κ2) is 10.0. The molecule has 0 saturated carbocycles. The molecule has 1 aromatic heterocycles. The van der Waals surface area contributed by atoms with Crippen LogP contribution in [0.15, 0.2) is 71.1 Å². The van der Waals surface area contributed by atoms with Crippen LogP contribution in [0.3, 0.4) is 0 Å². The fraction of sp³-hybridized carbons (Fsp3) is 0.217. The van der Waals surface area contributed by atoms with Crippen molar-refractivity contribution in [1.82, 2.24) is 16.2 Å². The van der Waals surface area contributed by atoms with Gasteiger partial charge in [0.2, 0.25) is 0 Å². The molecule has 8 heteroatoms. The topological polar surface area (TPSA) is 92.6 Å². The molecule has 1 heterocycles. The Hall–Kier alpha value is -3.45. The van der Waals surface area contributed by atoms with Gasteiger partial charge in [0, 0.05) is 17.0 Å². The van der Waals surface area contributed by atoms with Gasteiger partial charge in [0.25, 0.3) is 0 Å². The van der Waals surface area contributed by atoms with Crippen LogP contribution in [0.1, 0.15) is 35.7 Å². The Morgan fingerprint density at radius 1 is 0.968 bits per heavy atom. The number of ether oxygens (including phenoxy) is 1. The summed E-state index contributed by atoms with van der Waals surface area (Å²) in [7, 11) is 0. The second-order valence-corrected chi connectivity index (χ2v) is 7.96. The summed E-state index contributed by atoms with van der Waals surface area (Å²) in [6.45, 7) is 4.54. The lowest BCUT2D eigenvalue weighted by Crippen LogP contribution is -2.49. The summed E-state index contributed by atoms with van der Waals surface area (Å²) in [5.74, 6) is 0.680. The molecule has 3 N–H and O–H groups in total. The molecule has 0 bridgehead atoms. The number of furan rings is 1. The Kier molecular flexibility index (Phi) is 7.20. The van der Waals surface area contributed by atoms with E-state index in [2.05, 4.69) is 16.2 Å². The zero-order valence-electron chi connectivity index (χ0n) is 17.3. The van der Waals surface area contributed by atoms with Gasteiger partial charge in [-0.1, -0.05) is 55.8 Å². The first-order chi connectivity index (χ1) is 14.8. The van der Waals surface area contributed by atoms with Gasteiger partial charge in [0.1, 0.15) is 18.1 Å². The second-order valence-electron chi connectivity index (χ2n) is 7.52. The van der Waals surface area contributed by atoms with Crippen molar-refractivity contribution in [2.24, 2.45) is 0 Å². The Labute approximate surface area is 185 Å². The van der Waals surface area contributed by atoms with Crippen molar-refractivity contribution >= 4 is 23.5 Å². The van der Waals surface area contributed by atoms with E-state index in [-0.39, 0.29) is 17.8 Å². The minimum absolute atomic E-state index is 0.0634. The predicted octanol–water partition coefficient (Wildman–Crippen LogP) is 4.43. The Balaban J connectivity index is 1.43. The molecule has 0 unspecified atom stereocenters. The van der Waals surface area contributed by atoms with Crippen molar-refractivity contribution < 1.29 is 18.7 Å². The first-order valence-electron chi connectivity index (χ1n) is 9.70. The van der Waals surface area contributed by atoms with Crippen LogP contribution in [-0.2, 0) is 12.0 Å². The number of carbonyl (C=O) groups excluding carboxylic acids is 2. The third-order valence-electron chi connectivity index (χ3n) is 4.62. The maximum absolute atomic E-state index is 12.2. The Morgan fingerprint density at radius 3 is 2.39 bits per heavy atom. The summed E-state index contributed by atoms with van der Waals surface area (Å²) >= 11 is 5.92. The summed E-state index contributed by atoms with van der Waals surface area (Å²) in [6, 6.07) is 19.4. The maximum Gasteiger partial charge on any atom is 0.333 e. The third kappa shape index (κ3) is 6.52. The van der Waals surface area contributed by atoms with E-state index in [4.69, 9.17) is 20.8 Å². The number of hydrazine groups is 1. The normalized spacial score (nSPS) is 10.9. The molecule has 7 nitrogen and oxygen atoms in total. The van der Waals surface area contributed by atoms with Crippen LogP contribution in [0.4, 0.5) is 4.79 Å². The molecule has 0 aliphatic rings. The lowest BCUT2D eigenvalue weighted by atomic mass is 9.85. The van der Waals surface area contributed by atoms with Crippen LogP contribution in [0, 0.1) is 0 Å². The van der Waals surface area contributed by atoms with E-state index in [1.54, 1.807) is 18.2 Å². The molecule has 0 radical (unpaired) electrons. The number of benzene rings is 2. The Morgan fingerprint density at radius 2 is 1.68 bits per heavy atom. The highest BCUT2D eigenvalue weighted by atomic mass is 35.5. The van der Waals surface area contributed by atoms with Gasteiger partial charge in [-0.15, -0.1) is 0 Å². The number of carbonyl (C=O) groups is 2. The van der Waals surface area contributed by atoms with Crippen molar-refractivity contribution in [2.75, 3.05) is 6.54 Å². The van der Waals surface area contributed by atoms with Crippen molar-refractivity contribution in [3.05, 3.63) is 88.8 Å². The molecule has 3 amide bonds. The molecular weight excluding hydrogens is 418 g/mol. The first kappa shape index (κ1) is 22.2. The van der Waals surface area contributed by atoms with Crippen LogP contribution in [0.25, 0.3) is 0 Å². The van der Waals surface area contributed by atoms with Crippen LogP contribution in [0.5, 0.6) is 5.75 Å². The van der Waals surface area contributed by atoms with Crippen molar-refractivity contribution in [3.63, 3.8) is 0 Å². The monoisotopic (exact) mass is 441 g/mol. The zero-order chi connectivity index (χ0) is 22.3. The first-order valence-corrected chi connectivity index (χ1v) is 10.1. The summed E-state index contributed by atoms with van der Waals surface area (Å²) in [5, 5.41) is 3.39. The number of urea groups is 1. The number of hydrogen-bond acceptors (Lipinski definition) is 4. The highest BCUT2D eigenvalue weighted by Crippen LogP contribution is 2.23. The number of halogens is 1. The lowest BCUT2D eigenvalue weighted by molar-refractivity contribution is 0.0904. The summed E-state index contributed by atoms with van der Waals surface area (Å²) < 4.78 is 11.0. The van der Waals surface area contributed by atoms with Crippen LogP contribution in [0.2, 0.25) is 5.02 Å². The third-order valence-corrected chi connectivity index (χ3v) is 4.87. The zero-order valence-corrected chi connectivity index (χ0v) is 18.0. The molecule has 0 saturated heterocycles. The maximum atomic E-state index is 12.2. The summed E-state index contributed by atoms with van der Waals surface area (Å²) in [6.07, 6.45) is 0. The van der Waals surface area contributed by atoms with Gasteiger partial charge in [-0.25, -0.2) is 10.2 Å². The quantitative estimate of drug-likeness (QED) is 0.473. The molecule has 2 aromatic carbocycles. The highest BCUT2D eigenvalue weighted by molar-refractivity contribution is 6.30. The number of nitrogens with one attached hydrogen (secondary N) is 3. The molecule has 3 rings (SSSR count). The molecule has 0 aliphatic heterocycles. The molecule has 31 heavy (non-hydrogen) atoms. The SMILES string of the molecule is CC(C)(CNC(=O)NNC(=O)c1ccc(COc2ccccc2)o1)c1ccc(Cl)cc1. The molecule has 3 aromatic rings. The molecule has 0 atom stereocenters. The van der Waals surface area contributed by atoms with Gasteiger partial charge >= 0.3 is 11.9 Å². The van der Waals surface area contributed by atoms with Gasteiger partial charge in [0.05, 0.1) is 0 Å². The fourth-order valence-corrected chi connectivity index (χ4v) is 2.90. The van der Waals surface area contributed by atoms with E-state index < -0.39 is 11.9 Å². The summed E-state index contributed by atoms with van der Waals surface area (Å²) in [4.78, 5) is 24.3. The van der Waals surface area contributed by atoms with Crippen molar-refractivity contribution in [2.45, 2.75) is 25.9 Å². The van der Waals surface area contributed by atoms with E-state index in [9.17, 15) is 9.59 Å². The molecule has 0 fully saturated rings. The van der Waals surface area contributed by atoms with Crippen LogP contribution >= 0.6 is 11.6 Å². The van der Waals surface area contributed by atoms with E-state index in [0.717, 1.165) is 5.56 Å². The molecule has 162 valence electrons. The average Bonchev–Trinajstić information content (AvgIpc) is 3.25. The predicted molar refractivity (Wildman–Crippen MR) is 118 cm³/mol. The lowest BCUT2D eigenvalue weighted by Gasteiger charge is -2.25. The molecular formula is C23H24ClN3O4. The van der Waals surface area contributed by atoms with Gasteiger partial charge in [-0.3, -0.25) is 10.2 Å². The van der Waals surface area contributed by atoms with Crippen molar-refractivity contribution in [1.29, 1.82) is 0 Å². The molecule has 0 spiro atoms. The van der Waals surface area contributed by atoms with Crippen LogP contribution in [-0.4, -0.2) is 18.5 Å². The van der Waals surface area contributed by atoms with E-state index in [1.165, 1.54) is 6.07 Å². The smallest absolute Gasteiger partial charge is 0.333 e. The minimum atomic E-state index is -0.571. The Bertz CT molecular complexity index is 1020. The number of para-hydroxylation sites is 1. The average molecular weight is 442 g/mol. The largest absolute Gasteiger partial charge is 0.486 e. The van der Waals surface area contributed by atoms with E-state index >= 15 is 0 Å². The van der Waals surface area contributed by atoms with Gasteiger partial charge in [-0.2, -0.15) is 0 Å². The highest BCUT2D eigenvalue weighted by Gasteiger charge is 2.21. The fourth-order valence-electron chi connectivity index (χ4n) is 2.77. The van der Waals surface area contributed by atoms with Gasteiger partial charge < -0.3 is 14.5 Å². The van der Waals surface area contributed by atoms with Crippen LogP contribution < -0.4 is 20.9 Å². The van der Waals surface area contributed by atoms with E-state index in [1.807, 2.05) is 56.3 Å². The van der Waals surface area contributed by atoms with Gasteiger partial charge in [0.15, 0.2) is 5.76 Å². The standard InChI is InChI=1S/C23H24ClN3O4/c1-23(2,16-8-10-17(24)11-9-16)15-25-22(29)27-26-21(28)20-13-12-19(31-20)14-30-18-6-4-3-5-7-18/h3-13H,14-15H2,1-2H3,(H,26,28)(H2,25,27,29). The number of hydrogen-bond donors (Lipinski definition) is 3. The number of rotatable bonds is 7. The summed E-state index contributed by atoms with van der Waals surface area (Å²) in [5.41, 5.74) is 5.35.